The van der Waals surface area contributed by atoms with E-state index in [1.165, 1.54) is 0 Å². The molecule has 3 heterocycles. The molecule has 50 valence electrons. The van der Waals surface area contributed by atoms with Crippen LogP contribution in [0.1, 0.15) is 0 Å². The molecule has 0 aromatic heterocycles. The average Bonchev–Trinajstić information content (AvgIpc) is 2.56. The van der Waals surface area contributed by atoms with Crippen LogP contribution >= 0.6 is 0 Å². The zero-order chi connectivity index (χ0) is 6.55. The van der Waals surface area contributed by atoms with Crippen LogP contribution in [0.3, 0.4) is 0 Å². The summed E-state index contributed by atoms with van der Waals surface area (Å²) in [6.07, 6.45) is 15.0. The van der Waals surface area contributed by atoms with E-state index in [0.717, 1.165) is 0 Å². The van der Waals surface area contributed by atoms with Crippen LogP contribution in [0.5, 0.6) is 0 Å². The molecule has 0 fully saturated rings. The summed E-state index contributed by atoms with van der Waals surface area (Å²) in [5, 5.41) is 0. The van der Waals surface area contributed by atoms with Crippen molar-refractivity contribution >= 4 is 0 Å². The molecular weight excluding hydrogens is 124 g/mol. The van der Waals surface area contributed by atoms with Crippen LogP contribution in [-0.4, -0.2) is 18.3 Å². The molecule has 0 radical (unpaired) electrons. The highest BCUT2D eigenvalue weighted by Crippen LogP contribution is 2.37. The van der Waals surface area contributed by atoms with Gasteiger partial charge < -0.3 is 4.37 Å². The number of hydrogen-bond donors (Lipinski definition) is 0. The van der Waals surface area contributed by atoms with Gasteiger partial charge in [0, 0.05) is 36.5 Å². The van der Waals surface area contributed by atoms with Crippen molar-refractivity contribution in [2.45, 2.75) is 18.3 Å². The first-order chi connectivity index (χ1) is 4.95. The fraction of sp³-hybridized carbons (Fsp3) is 0.333. The molecule has 0 aliphatic carbocycles. The lowest BCUT2D eigenvalue weighted by atomic mass is 10.3. The topological polar surface area (TPSA) is 2.70 Å². The van der Waals surface area contributed by atoms with E-state index in [2.05, 4.69) is 40.8 Å². The Morgan fingerprint density at radius 3 is 1.20 bits per heavy atom. The Labute approximate surface area is 60.0 Å². The number of hydrogen-bond acceptors (Lipinski definition) is 0. The first kappa shape index (κ1) is 4.91. The second kappa shape index (κ2) is 1.43. The van der Waals surface area contributed by atoms with Gasteiger partial charge in [-0.3, -0.25) is 0 Å². The monoisotopic (exact) mass is 133 g/mol. The highest BCUT2D eigenvalue weighted by atomic mass is 16.7. The molecule has 3 aliphatic rings. The summed E-state index contributed by atoms with van der Waals surface area (Å²) in [5.41, 5.74) is 0. The lowest BCUT2D eigenvalue weighted by Gasteiger charge is -2.18. The van der Waals surface area contributed by atoms with E-state index < -0.39 is 0 Å². The van der Waals surface area contributed by atoms with Gasteiger partial charge in [-0.15, -0.1) is 0 Å². The molecule has 0 unspecified atom stereocenters. The van der Waals surface area contributed by atoms with Crippen LogP contribution in [0.4, 0.5) is 0 Å². The third-order valence-corrected chi connectivity index (χ3v) is 2.41. The SMILES string of the molecule is C1=CC2C=CC3C=CC1[O+]23. The summed E-state index contributed by atoms with van der Waals surface area (Å²) in [6.45, 7) is 0. The lowest BCUT2D eigenvalue weighted by molar-refractivity contribution is -0.151. The molecule has 0 aromatic carbocycles. The molecule has 0 saturated carbocycles. The maximum Gasteiger partial charge on any atom is 0.196 e. The molecule has 0 spiro atoms. The Hall–Kier alpha value is -0.820. The smallest absolute Gasteiger partial charge is 0.196 e. The summed E-state index contributed by atoms with van der Waals surface area (Å²) in [4.78, 5) is 0. The summed E-state index contributed by atoms with van der Waals surface area (Å²) in [5.74, 6) is 0. The van der Waals surface area contributed by atoms with E-state index in [4.69, 9.17) is 0 Å². The van der Waals surface area contributed by atoms with Gasteiger partial charge in [0.1, 0.15) is 0 Å². The van der Waals surface area contributed by atoms with Crippen LogP contribution in [0.2, 0.25) is 0 Å². The molecule has 0 bridgehead atoms. The molecule has 10 heavy (non-hydrogen) atoms. The van der Waals surface area contributed by atoms with Crippen LogP contribution in [0, 0.1) is 0 Å². The third-order valence-electron chi connectivity index (χ3n) is 2.41. The Morgan fingerprint density at radius 2 is 0.900 bits per heavy atom. The van der Waals surface area contributed by atoms with Gasteiger partial charge in [0.15, 0.2) is 18.3 Å². The lowest BCUT2D eigenvalue weighted by Crippen LogP contribution is -2.23. The maximum absolute atomic E-state index is 3.31. The van der Waals surface area contributed by atoms with E-state index in [9.17, 15) is 0 Å². The molecule has 1 heteroatoms. The van der Waals surface area contributed by atoms with Gasteiger partial charge in [0.25, 0.3) is 0 Å². The van der Waals surface area contributed by atoms with Crippen molar-refractivity contribution in [2.75, 3.05) is 0 Å². The van der Waals surface area contributed by atoms with Crippen molar-refractivity contribution in [2.24, 2.45) is 0 Å². The Bertz CT molecular complexity index is 189. The van der Waals surface area contributed by atoms with Crippen LogP contribution < -0.4 is 0 Å². The van der Waals surface area contributed by atoms with Crippen molar-refractivity contribution in [3.05, 3.63) is 36.5 Å². The first-order valence-electron chi connectivity index (χ1n) is 3.71. The second-order valence-corrected chi connectivity index (χ2v) is 2.96. The van der Waals surface area contributed by atoms with Crippen molar-refractivity contribution in [1.29, 1.82) is 0 Å². The van der Waals surface area contributed by atoms with Gasteiger partial charge in [-0.2, -0.15) is 0 Å². The van der Waals surface area contributed by atoms with E-state index in [0.29, 0.717) is 18.3 Å². The standard InChI is InChI=1S/C9H9O/c1-2-8-5-6-9-4-3-7(1)10(8)9/h1-9H/q+1. The summed E-state index contributed by atoms with van der Waals surface area (Å²) in [7, 11) is 0. The highest BCUT2D eigenvalue weighted by Gasteiger charge is 2.43. The first-order valence-corrected chi connectivity index (χ1v) is 3.71. The van der Waals surface area contributed by atoms with Crippen LogP contribution in [0.15, 0.2) is 36.5 Å². The minimum atomic E-state index is 0.519. The molecule has 0 atom stereocenters. The van der Waals surface area contributed by atoms with Gasteiger partial charge in [-0.1, -0.05) is 0 Å². The zero-order valence-electron chi connectivity index (χ0n) is 5.60. The fourth-order valence-electron chi connectivity index (χ4n) is 1.94. The predicted octanol–water partition coefficient (Wildman–Crippen LogP) is 1.35. The van der Waals surface area contributed by atoms with E-state index in [1.54, 1.807) is 0 Å². The Morgan fingerprint density at radius 1 is 0.600 bits per heavy atom. The molecule has 0 aromatic rings. The molecule has 3 aliphatic heterocycles. The molecule has 0 N–H and O–H groups in total. The molecule has 1 nitrogen and oxygen atoms in total. The normalized spacial score (nSPS) is 47.4. The minimum Gasteiger partial charge on any atom is -0.397 e. The molecular formula is C9H9O+. The van der Waals surface area contributed by atoms with Gasteiger partial charge in [0.05, 0.1) is 0 Å². The van der Waals surface area contributed by atoms with Gasteiger partial charge >= 0.3 is 0 Å². The Balaban J connectivity index is 2.14. The summed E-state index contributed by atoms with van der Waals surface area (Å²) < 4.78 is 3.31. The van der Waals surface area contributed by atoms with E-state index in [1.807, 2.05) is 0 Å². The minimum absolute atomic E-state index is 0.519. The summed E-state index contributed by atoms with van der Waals surface area (Å²) >= 11 is 0. The molecule has 0 amide bonds. The fourth-order valence-corrected chi connectivity index (χ4v) is 1.94. The van der Waals surface area contributed by atoms with Gasteiger partial charge in [-0.25, -0.2) is 0 Å². The zero-order valence-corrected chi connectivity index (χ0v) is 5.60. The quantitative estimate of drug-likeness (QED) is 0.346. The largest absolute Gasteiger partial charge is 0.397 e. The maximum atomic E-state index is 3.31. The van der Waals surface area contributed by atoms with Crippen LogP contribution in [-0.2, 0) is 4.37 Å². The van der Waals surface area contributed by atoms with Gasteiger partial charge in [-0.05, 0) is 0 Å². The van der Waals surface area contributed by atoms with Gasteiger partial charge in [0.2, 0.25) is 0 Å². The van der Waals surface area contributed by atoms with E-state index >= 15 is 0 Å². The van der Waals surface area contributed by atoms with Crippen LogP contribution in [0.25, 0.3) is 0 Å². The number of rotatable bonds is 0. The average molecular weight is 133 g/mol. The summed E-state index contributed by atoms with van der Waals surface area (Å²) in [6, 6.07) is 0. The van der Waals surface area contributed by atoms with E-state index in [-0.39, 0.29) is 0 Å². The highest BCUT2D eigenvalue weighted by molar-refractivity contribution is 5.30. The second-order valence-electron chi connectivity index (χ2n) is 2.96. The molecule has 3 rings (SSSR count). The van der Waals surface area contributed by atoms with Crippen molar-refractivity contribution in [3.63, 3.8) is 0 Å². The van der Waals surface area contributed by atoms with Crippen molar-refractivity contribution in [3.8, 4) is 0 Å². The third kappa shape index (κ3) is 0.400. The Kier molecular flexibility index (Phi) is 0.702. The van der Waals surface area contributed by atoms with Crippen molar-refractivity contribution < 1.29 is 4.37 Å². The predicted molar refractivity (Wildman–Crippen MR) is 39.9 cm³/mol. The molecule has 0 saturated heterocycles. The van der Waals surface area contributed by atoms with Crippen molar-refractivity contribution in [1.82, 2.24) is 0 Å².